The van der Waals surface area contributed by atoms with Crippen molar-refractivity contribution in [2.75, 3.05) is 4.90 Å². The van der Waals surface area contributed by atoms with E-state index in [0.29, 0.717) is 0 Å². The highest BCUT2D eigenvalue weighted by Gasteiger charge is 2.20. The molecule has 11 rings (SSSR count). The molecular formula is C49H30N2O2S. The zero-order valence-corrected chi connectivity index (χ0v) is 29.8. The van der Waals surface area contributed by atoms with Crippen LogP contribution in [0.5, 0.6) is 0 Å². The minimum atomic E-state index is 0.832. The lowest BCUT2D eigenvalue weighted by molar-refractivity contribution is 0.669. The second kappa shape index (κ2) is 12.3. The van der Waals surface area contributed by atoms with Crippen molar-refractivity contribution in [2.24, 2.45) is 0 Å². The van der Waals surface area contributed by atoms with E-state index in [2.05, 4.69) is 169 Å². The quantitative estimate of drug-likeness (QED) is 0.172. The van der Waals surface area contributed by atoms with Crippen LogP contribution in [0.4, 0.5) is 17.1 Å². The van der Waals surface area contributed by atoms with Gasteiger partial charge in [-0.1, -0.05) is 115 Å². The number of hydrogen-bond acceptors (Lipinski definition) is 5. The molecule has 8 aromatic carbocycles. The van der Waals surface area contributed by atoms with Crippen LogP contribution >= 0.6 is 11.3 Å². The summed E-state index contributed by atoms with van der Waals surface area (Å²) in [6.07, 6.45) is 0. The van der Waals surface area contributed by atoms with Crippen molar-refractivity contribution in [1.29, 1.82) is 0 Å². The normalized spacial score (nSPS) is 11.7. The maximum absolute atomic E-state index is 6.46. The molecule has 0 N–H and O–H groups in total. The molecule has 0 aliphatic rings. The van der Waals surface area contributed by atoms with Crippen molar-refractivity contribution in [3.63, 3.8) is 0 Å². The Morgan fingerprint density at radius 3 is 1.69 bits per heavy atom. The highest BCUT2D eigenvalue weighted by molar-refractivity contribution is 7.21. The summed E-state index contributed by atoms with van der Waals surface area (Å²) in [6, 6.07) is 63.9. The predicted octanol–water partition coefficient (Wildman–Crippen LogP) is 14.6. The largest absolute Gasteiger partial charge is 0.456 e. The molecule has 0 aliphatic heterocycles. The van der Waals surface area contributed by atoms with Crippen molar-refractivity contribution in [2.45, 2.75) is 0 Å². The van der Waals surface area contributed by atoms with Gasteiger partial charge in [-0.25, -0.2) is 4.98 Å². The molecule has 5 heteroatoms. The van der Waals surface area contributed by atoms with E-state index in [1.165, 1.54) is 16.7 Å². The molecule has 4 nitrogen and oxygen atoms in total. The van der Waals surface area contributed by atoms with Crippen molar-refractivity contribution >= 4 is 82.5 Å². The third-order valence-corrected chi connectivity index (χ3v) is 11.4. The number of aromatic nitrogens is 1. The summed E-state index contributed by atoms with van der Waals surface area (Å²) in [5.41, 5.74) is 13.3. The van der Waals surface area contributed by atoms with E-state index in [1.54, 1.807) is 11.3 Å². The Labute approximate surface area is 314 Å². The number of para-hydroxylation sites is 1. The average Bonchev–Trinajstić information content (AvgIpc) is 3.95. The van der Waals surface area contributed by atoms with Gasteiger partial charge in [0.1, 0.15) is 27.3 Å². The van der Waals surface area contributed by atoms with Crippen molar-refractivity contribution < 1.29 is 8.83 Å². The molecule has 0 radical (unpaired) electrons. The topological polar surface area (TPSA) is 42.4 Å². The Bertz CT molecular complexity index is 3160. The lowest BCUT2D eigenvalue weighted by atomic mass is 9.94. The van der Waals surface area contributed by atoms with E-state index in [1.807, 2.05) is 18.2 Å². The molecule has 54 heavy (non-hydrogen) atoms. The maximum Gasteiger partial charge on any atom is 0.137 e. The van der Waals surface area contributed by atoms with Crippen LogP contribution < -0.4 is 4.90 Å². The van der Waals surface area contributed by atoms with Gasteiger partial charge in [0.2, 0.25) is 0 Å². The van der Waals surface area contributed by atoms with Gasteiger partial charge in [0.25, 0.3) is 0 Å². The van der Waals surface area contributed by atoms with Crippen LogP contribution in [0, 0.1) is 0 Å². The van der Waals surface area contributed by atoms with Gasteiger partial charge < -0.3 is 13.7 Å². The summed E-state index contributed by atoms with van der Waals surface area (Å²) in [5.74, 6) is 0. The second-order valence-corrected chi connectivity index (χ2v) is 14.6. The van der Waals surface area contributed by atoms with Crippen LogP contribution in [0.1, 0.15) is 0 Å². The molecule has 0 bridgehead atoms. The summed E-state index contributed by atoms with van der Waals surface area (Å²) >= 11 is 1.71. The summed E-state index contributed by atoms with van der Waals surface area (Å²) in [7, 11) is 0. The zero-order valence-electron chi connectivity index (χ0n) is 28.9. The number of anilines is 3. The molecule has 254 valence electrons. The Balaban J connectivity index is 1.09. The molecule has 0 atom stereocenters. The van der Waals surface area contributed by atoms with Crippen LogP contribution in [0.15, 0.2) is 191 Å². The van der Waals surface area contributed by atoms with Gasteiger partial charge in [0, 0.05) is 38.8 Å². The molecule has 0 unspecified atom stereocenters. The minimum absolute atomic E-state index is 0.832. The van der Waals surface area contributed by atoms with Crippen LogP contribution in [0.2, 0.25) is 0 Å². The molecule has 11 aromatic rings. The lowest BCUT2D eigenvalue weighted by Crippen LogP contribution is -2.09. The maximum atomic E-state index is 6.46. The van der Waals surface area contributed by atoms with E-state index < -0.39 is 0 Å². The highest BCUT2D eigenvalue weighted by atomic mass is 32.1. The summed E-state index contributed by atoms with van der Waals surface area (Å²) in [5, 5.41) is 5.24. The third-order valence-electron chi connectivity index (χ3n) is 10.3. The Hall–Kier alpha value is -6.95. The second-order valence-electron chi connectivity index (χ2n) is 13.5. The van der Waals surface area contributed by atoms with E-state index in [-0.39, 0.29) is 0 Å². The molecule has 3 aromatic heterocycles. The zero-order chi connectivity index (χ0) is 35.6. The molecule has 0 saturated carbocycles. The fourth-order valence-corrected chi connectivity index (χ4v) is 8.76. The SMILES string of the molecule is c1ccc(-c2nc3c(ccc4oc5ccc(N(c6ccc(-c7ccccc7-c7ccccc7)cc6)c6ccc7oc8ccccc8c7c6)cc5c43)s2)cc1. The number of nitrogens with zero attached hydrogens (tertiary/aromatic N) is 2. The standard InChI is InChI=1S/C49H30N2O2S/c1-3-11-31(12-4-1)37-15-7-8-16-38(37)32-19-21-34(22-20-32)51(35-23-25-43-40(29-35)39-17-9-10-18-42(39)52-43)36-24-26-44-41(30-36)47-45(53-44)27-28-46-48(47)50-49(54-46)33-13-5-2-6-14-33/h1-30H. The van der Waals surface area contributed by atoms with Crippen molar-refractivity contribution in [3.05, 3.63) is 182 Å². The number of thiazole rings is 1. The predicted molar refractivity (Wildman–Crippen MR) is 225 cm³/mol. The van der Waals surface area contributed by atoms with Crippen LogP contribution in [-0.2, 0) is 0 Å². The molecule has 0 aliphatic carbocycles. The Kier molecular flexibility index (Phi) is 7.00. The molecular weight excluding hydrogens is 681 g/mol. The monoisotopic (exact) mass is 710 g/mol. The van der Waals surface area contributed by atoms with Gasteiger partial charge in [0.15, 0.2) is 0 Å². The van der Waals surface area contributed by atoms with Gasteiger partial charge >= 0.3 is 0 Å². The van der Waals surface area contributed by atoms with Crippen LogP contribution in [0.3, 0.4) is 0 Å². The van der Waals surface area contributed by atoms with Crippen molar-refractivity contribution in [1.82, 2.24) is 4.98 Å². The average molecular weight is 711 g/mol. The van der Waals surface area contributed by atoms with E-state index in [4.69, 9.17) is 13.8 Å². The van der Waals surface area contributed by atoms with Crippen molar-refractivity contribution in [3.8, 4) is 32.8 Å². The first kappa shape index (κ1) is 30.7. The summed E-state index contributed by atoms with van der Waals surface area (Å²) < 4.78 is 13.8. The molecule has 3 heterocycles. The van der Waals surface area contributed by atoms with E-state index in [9.17, 15) is 0 Å². The first-order valence-electron chi connectivity index (χ1n) is 18.0. The fraction of sp³-hybridized carbons (Fsp3) is 0. The molecule has 0 saturated heterocycles. The third kappa shape index (κ3) is 5.01. The number of fused-ring (bicyclic) bond motifs is 8. The highest BCUT2D eigenvalue weighted by Crippen LogP contribution is 2.44. The number of furan rings is 2. The van der Waals surface area contributed by atoms with Gasteiger partial charge in [-0.15, -0.1) is 11.3 Å². The van der Waals surface area contributed by atoms with Crippen LogP contribution in [0.25, 0.3) is 86.9 Å². The van der Waals surface area contributed by atoms with Gasteiger partial charge in [-0.3, -0.25) is 0 Å². The number of rotatable bonds is 6. The van der Waals surface area contributed by atoms with Gasteiger partial charge in [0.05, 0.1) is 15.6 Å². The number of benzene rings is 8. The smallest absolute Gasteiger partial charge is 0.137 e. The number of hydrogen-bond donors (Lipinski definition) is 0. The fourth-order valence-electron chi connectivity index (χ4n) is 7.78. The summed E-state index contributed by atoms with van der Waals surface area (Å²) in [6.45, 7) is 0. The molecule has 0 amide bonds. The summed E-state index contributed by atoms with van der Waals surface area (Å²) in [4.78, 5) is 7.51. The van der Waals surface area contributed by atoms with Gasteiger partial charge in [-0.2, -0.15) is 0 Å². The Morgan fingerprint density at radius 2 is 0.944 bits per heavy atom. The Morgan fingerprint density at radius 1 is 0.407 bits per heavy atom. The minimum Gasteiger partial charge on any atom is -0.456 e. The van der Waals surface area contributed by atoms with E-state index in [0.717, 1.165) is 87.3 Å². The lowest BCUT2D eigenvalue weighted by Gasteiger charge is -2.26. The van der Waals surface area contributed by atoms with E-state index >= 15 is 0 Å². The molecule has 0 fully saturated rings. The van der Waals surface area contributed by atoms with Crippen LogP contribution in [-0.4, -0.2) is 4.98 Å². The first-order valence-corrected chi connectivity index (χ1v) is 18.8. The molecule has 0 spiro atoms. The van der Waals surface area contributed by atoms with Gasteiger partial charge in [-0.05, 0) is 89.0 Å². The first-order chi connectivity index (χ1) is 26.7.